The molecule has 5 nitrogen and oxygen atoms in total. The van der Waals surface area contributed by atoms with E-state index in [1.165, 1.54) is 24.0 Å². The quantitative estimate of drug-likeness (QED) is 0.884. The monoisotopic (exact) mass is 366 g/mol. The molecule has 0 spiro atoms. The fraction of sp³-hybridized carbons (Fsp3) is 0.412. The second-order valence-electron chi connectivity index (χ2n) is 5.71. The van der Waals surface area contributed by atoms with E-state index >= 15 is 0 Å². The molecule has 1 fully saturated rings. The van der Waals surface area contributed by atoms with Gasteiger partial charge < -0.3 is 10.1 Å². The molecule has 1 N–H and O–H groups in total. The maximum absolute atomic E-state index is 13.2. The zero-order chi connectivity index (χ0) is 17.2. The molecule has 0 radical (unpaired) electrons. The van der Waals surface area contributed by atoms with Crippen LogP contribution < -0.4 is 10.1 Å². The van der Waals surface area contributed by atoms with Gasteiger partial charge >= 0.3 is 0 Å². The Bertz CT molecular complexity index is 784. The van der Waals surface area contributed by atoms with Crippen LogP contribution in [0.3, 0.4) is 0 Å². The van der Waals surface area contributed by atoms with Crippen LogP contribution in [0, 0.1) is 0 Å². The number of rotatable bonds is 5. The molecule has 7 heteroatoms. The molecule has 0 aliphatic carbocycles. The third-order valence-corrected chi connectivity index (χ3v) is 7.66. The number of hydrogen-bond acceptors (Lipinski definition) is 5. The standard InChI is InChI=1S/C17H22N2O3S2/c1-3-13-4-6-14(7-5-13)15-12-18-9-10-19(15)24(20,21)17-16(22-2)8-11-23-17/h4-8,11,15,18H,3,9-10,12H2,1-2H3. The fourth-order valence-electron chi connectivity index (χ4n) is 2.96. The van der Waals surface area contributed by atoms with Crippen molar-refractivity contribution in [2.45, 2.75) is 23.6 Å². The van der Waals surface area contributed by atoms with E-state index in [-0.39, 0.29) is 10.3 Å². The van der Waals surface area contributed by atoms with Crippen molar-refractivity contribution in [2.24, 2.45) is 0 Å². The van der Waals surface area contributed by atoms with E-state index in [1.807, 2.05) is 12.1 Å². The summed E-state index contributed by atoms with van der Waals surface area (Å²) in [4.78, 5) is 0. The number of nitrogens with zero attached hydrogens (tertiary/aromatic N) is 1. The number of nitrogens with one attached hydrogen (secondary N) is 1. The smallest absolute Gasteiger partial charge is 0.256 e. The Morgan fingerprint density at radius 3 is 2.71 bits per heavy atom. The van der Waals surface area contributed by atoms with Crippen molar-refractivity contribution in [3.63, 3.8) is 0 Å². The number of hydrogen-bond donors (Lipinski definition) is 1. The summed E-state index contributed by atoms with van der Waals surface area (Å²) in [6.07, 6.45) is 0.970. The molecular weight excluding hydrogens is 344 g/mol. The van der Waals surface area contributed by atoms with E-state index in [1.54, 1.807) is 15.8 Å². The van der Waals surface area contributed by atoms with E-state index in [4.69, 9.17) is 4.74 Å². The van der Waals surface area contributed by atoms with Gasteiger partial charge in [-0.15, -0.1) is 11.3 Å². The number of sulfonamides is 1. The molecule has 2 heterocycles. The number of aryl methyl sites for hydroxylation is 1. The Morgan fingerprint density at radius 1 is 1.29 bits per heavy atom. The molecule has 0 amide bonds. The lowest BCUT2D eigenvalue weighted by molar-refractivity contribution is 0.271. The average Bonchev–Trinajstić information content (AvgIpc) is 3.11. The van der Waals surface area contributed by atoms with Gasteiger partial charge in [-0.1, -0.05) is 31.2 Å². The number of benzene rings is 1. The maximum atomic E-state index is 13.2. The van der Waals surface area contributed by atoms with Gasteiger partial charge in [-0.25, -0.2) is 8.42 Å². The highest BCUT2D eigenvalue weighted by atomic mass is 32.2. The zero-order valence-corrected chi connectivity index (χ0v) is 15.5. The van der Waals surface area contributed by atoms with Crippen molar-refractivity contribution in [1.29, 1.82) is 0 Å². The molecule has 0 saturated carbocycles. The summed E-state index contributed by atoms with van der Waals surface area (Å²) < 4.78 is 33.4. The van der Waals surface area contributed by atoms with Crippen LogP contribution in [0.1, 0.15) is 24.1 Å². The normalized spacial score (nSPS) is 19.3. The third-order valence-electron chi connectivity index (χ3n) is 4.33. The van der Waals surface area contributed by atoms with E-state index in [0.29, 0.717) is 25.4 Å². The summed E-state index contributed by atoms with van der Waals surface area (Å²) in [5.74, 6) is 0.415. The summed E-state index contributed by atoms with van der Waals surface area (Å²) in [6.45, 7) is 3.81. The number of thiophene rings is 1. The minimum atomic E-state index is -3.59. The maximum Gasteiger partial charge on any atom is 0.256 e. The van der Waals surface area contributed by atoms with Gasteiger partial charge in [0.25, 0.3) is 10.0 Å². The summed E-state index contributed by atoms with van der Waals surface area (Å²) >= 11 is 1.20. The first-order valence-corrected chi connectivity index (χ1v) is 10.3. The fourth-order valence-corrected chi connectivity index (χ4v) is 5.97. The molecule has 1 aromatic heterocycles. The topological polar surface area (TPSA) is 58.6 Å². The molecular formula is C17H22N2O3S2. The van der Waals surface area contributed by atoms with Gasteiger partial charge in [-0.2, -0.15) is 4.31 Å². The molecule has 1 unspecified atom stereocenters. The van der Waals surface area contributed by atoms with E-state index in [2.05, 4.69) is 24.4 Å². The first-order chi connectivity index (χ1) is 11.6. The summed E-state index contributed by atoms with van der Waals surface area (Å²) in [5, 5.41) is 5.05. The Kier molecular flexibility index (Phi) is 5.24. The highest BCUT2D eigenvalue weighted by Crippen LogP contribution is 2.36. The number of ether oxygens (including phenoxy) is 1. The molecule has 1 aliphatic rings. The lowest BCUT2D eigenvalue weighted by Gasteiger charge is -2.35. The third kappa shape index (κ3) is 3.21. The van der Waals surface area contributed by atoms with Crippen molar-refractivity contribution in [1.82, 2.24) is 9.62 Å². The lowest BCUT2D eigenvalue weighted by atomic mass is 10.0. The van der Waals surface area contributed by atoms with Gasteiger partial charge in [0.1, 0.15) is 5.75 Å². The van der Waals surface area contributed by atoms with Gasteiger partial charge in [0, 0.05) is 19.6 Å². The highest BCUT2D eigenvalue weighted by molar-refractivity contribution is 7.91. The van der Waals surface area contributed by atoms with Crippen molar-refractivity contribution >= 4 is 21.4 Å². The Labute approximate surface area is 147 Å². The molecule has 1 atom stereocenters. The van der Waals surface area contributed by atoms with Crippen molar-refractivity contribution in [3.05, 3.63) is 46.8 Å². The average molecular weight is 367 g/mol. The van der Waals surface area contributed by atoms with Crippen molar-refractivity contribution < 1.29 is 13.2 Å². The molecule has 1 aromatic carbocycles. The van der Waals surface area contributed by atoms with Gasteiger partial charge in [-0.3, -0.25) is 0 Å². The summed E-state index contributed by atoms with van der Waals surface area (Å²) in [7, 11) is -2.09. The van der Waals surface area contributed by atoms with Crippen molar-refractivity contribution in [2.75, 3.05) is 26.7 Å². The lowest BCUT2D eigenvalue weighted by Crippen LogP contribution is -2.48. The van der Waals surface area contributed by atoms with Gasteiger partial charge in [-0.05, 0) is 29.0 Å². The van der Waals surface area contributed by atoms with Gasteiger partial charge in [0.2, 0.25) is 0 Å². The first-order valence-electron chi connectivity index (χ1n) is 8.00. The molecule has 1 aliphatic heterocycles. The second-order valence-corrected chi connectivity index (χ2v) is 8.71. The molecule has 130 valence electrons. The highest BCUT2D eigenvalue weighted by Gasteiger charge is 2.36. The van der Waals surface area contributed by atoms with E-state index in [0.717, 1.165) is 12.0 Å². The van der Waals surface area contributed by atoms with Gasteiger partial charge in [0.15, 0.2) is 4.21 Å². The number of piperazine rings is 1. The van der Waals surface area contributed by atoms with Crippen LogP contribution in [0.2, 0.25) is 0 Å². The summed E-state index contributed by atoms with van der Waals surface area (Å²) in [5.41, 5.74) is 2.26. The van der Waals surface area contributed by atoms with Crippen LogP contribution in [-0.4, -0.2) is 39.5 Å². The van der Waals surface area contributed by atoms with Crippen LogP contribution in [-0.2, 0) is 16.4 Å². The van der Waals surface area contributed by atoms with Crippen LogP contribution in [0.25, 0.3) is 0 Å². The second kappa shape index (κ2) is 7.23. The first kappa shape index (κ1) is 17.4. The summed E-state index contributed by atoms with van der Waals surface area (Å²) in [6, 6.07) is 9.70. The minimum Gasteiger partial charge on any atom is -0.494 e. The van der Waals surface area contributed by atoms with Crippen LogP contribution in [0.5, 0.6) is 5.75 Å². The largest absolute Gasteiger partial charge is 0.494 e. The SMILES string of the molecule is CCc1ccc(C2CNCCN2S(=O)(=O)c2sccc2OC)cc1. The Balaban J connectivity index is 1.97. The predicted octanol–water partition coefficient (Wildman–Crippen LogP) is 2.65. The van der Waals surface area contributed by atoms with E-state index in [9.17, 15) is 8.42 Å². The van der Waals surface area contributed by atoms with Crippen LogP contribution >= 0.6 is 11.3 Å². The van der Waals surface area contributed by atoms with Gasteiger partial charge in [0.05, 0.1) is 13.2 Å². The molecule has 3 rings (SSSR count). The zero-order valence-electron chi connectivity index (χ0n) is 13.9. The van der Waals surface area contributed by atoms with Crippen LogP contribution in [0.4, 0.5) is 0 Å². The minimum absolute atomic E-state index is 0.207. The van der Waals surface area contributed by atoms with Crippen LogP contribution in [0.15, 0.2) is 39.9 Å². The molecule has 2 aromatic rings. The Hall–Kier alpha value is -1.41. The molecule has 0 bridgehead atoms. The number of methoxy groups -OCH3 is 1. The molecule has 24 heavy (non-hydrogen) atoms. The molecule has 1 saturated heterocycles. The van der Waals surface area contributed by atoms with Crippen molar-refractivity contribution in [3.8, 4) is 5.75 Å². The Morgan fingerprint density at radius 2 is 2.04 bits per heavy atom. The predicted molar refractivity (Wildman–Crippen MR) is 96.2 cm³/mol. The van der Waals surface area contributed by atoms with E-state index < -0.39 is 10.0 Å².